The van der Waals surface area contributed by atoms with Gasteiger partial charge in [0.2, 0.25) is 0 Å². The third-order valence-corrected chi connectivity index (χ3v) is 6.44. The van der Waals surface area contributed by atoms with Crippen molar-refractivity contribution in [2.24, 2.45) is 0 Å². The van der Waals surface area contributed by atoms with Crippen LogP contribution in [0.25, 0.3) is 11.3 Å². The number of aromatic nitrogens is 1. The first kappa shape index (κ1) is 22.8. The minimum atomic E-state index is -0.863. The molecule has 0 bridgehead atoms. The van der Waals surface area contributed by atoms with Crippen molar-refractivity contribution >= 4 is 23.5 Å². The monoisotopic (exact) mass is 446 g/mol. The van der Waals surface area contributed by atoms with E-state index in [0.717, 1.165) is 45.3 Å². The third kappa shape index (κ3) is 5.86. The van der Waals surface area contributed by atoms with Crippen LogP contribution in [0, 0.1) is 0 Å². The van der Waals surface area contributed by atoms with Gasteiger partial charge < -0.3 is 14.6 Å². The number of hydrogen-bond acceptors (Lipinski definition) is 6. The number of hydrogen-bond donors (Lipinski definition) is 3. The molecule has 3 rings (SSSR count). The normalized spacial score (nSPS) is 11.7. The average molecular weight is 447 g/mol. The number of halogens is 1. The van der Waals surface area contributed by atoms with Crippen LogP contribution in [0.5, 0.6) is 0 Å². The van der Waals surface area contributed by atoms with Crippen molar-refractivity contribution < 1.29 is 14.6 Å². The summed E-state index contributed by atoms with van der Waals surface area (Å²) in [6.45, 7) is 1.67. The molecule has 0 aliphatic rings. The lowest BCUT2D eigenvalue weighted by Gasteiger charge is -2.27. The maximum absolute atomic E-state index is 9.46. The summed E-state index contributed by atoms with van der Waals surface area (Å²) in [6.07, 6.45) is 4.83. The highest BCUT2D eigenvalue weighted by Crippen LogP contribution is 2.30. The topological polar surface area (TPSA) is 78.5 Å². The van der Waals surface area contributed by atoms with Crippen LogP contribution in [0.1, 0.15) is 31.2 Å². The minimum Gasteiger partial charge on any atom is -0.448 e. The van der Waals surface area contributed by atoms with E-state index in [1.54, 1.807) is 18.0 Å². The van der Waals surface area contributed by atoms with Crippen LogP contribution in [0.2, 0.25) is 0 Å². The molecule has 5 nitrogen and oxygen atoms in total. The van der Waals surface area contributed by atoms with Crippen molar-refractivity contribution in [3.63, 3.8) is 0 Å². The molecule has 7 heteroatoms. The summed E-state index contributed by atoms with van der Waals surface area (Å²) in [4.78, 5) is 9.33. The summed E-state index contributed by atoms with van der Waals surface area (Å²) < 4.78 is 5.50. The second-order valence-corrected chi connectivity index (χ2v) is 8.67. The summed E-state index contributed by atoms with van der Waals surface area (Å²) in [7, 11) is 0. The van der Waals surface area contributed by atoms with Crippen molar-refractivity contribution in [3.8, 4) is 11.3 Å². The summed E-state index contributed by atoms with van der Waals surface area (Å²) >= 11 is 7.38. The van der Waals surface area contributed by atoms with Gasteiger partial charge in [0.05, 0.1) is 18.8 Å². The molecule has 2 aromatic carbocycles. The van der Waals surface area contributed by atoms with Crippen molar-refractivity contribution in [3.05, 3.63) is 66.2 Å². The Morgan fingerprint density at radius 3 is 2.20 bits per heavy atom. The highest BCUT2D eigenvalue weighted by atomic mass is 35.5. The molecular formula is C23H27ClN2O3S. The first-order valence-corrected chi connectivity index (χ1v) is 11.2. The number of benzene rings is 2. The zero-order chi connectivity index (χ0) is 21.4. The van der Waals surface area contributed by atoms with Crippen LogP contribution < -0.4 is 4.84 Å². The summed E-state index contributed by atoms with van der Waals surface area (Å²) in [5.41, 5.74) is 2.18. The Bertz CT molecular complexity index is 901. The number of oxazole rings is 1. The number of aliphatic hydroxyl groups is 2. The Balaban J connectivity index is 1.58. The van der Waals surface area contributed by atoms with E-state index in [4.69, 9.17) is 16.2 Å². The van der Waals surface area contributed by atoms with Crippen LogP contribution in [0.3, 0.4) is 0 Å². The lowest BCUT2D eigenvalue weighted by molar-refractivity contribution is 0.103. The lowest BCUT2D eigenvalue weighted by atomic mass is 9.94. The molecule has 160 valence electrons. The standard InChI is InChI=1S/C23H27ClN2O3S/c1-2-3-22-25-21(14-29-22)18-6-10-20(11-7-18)30-19-8-4-17(5-9-19)12-13-23(15-27,16-28)26-24/h4-11,14,26-28H,2-3,12-13,15-16H2,1H3. The Morgan fingerprint density at radius 2 is 1.63 bits per heavy atom. The van der Waals surface area contributed by atoms with Gasteiger partial charge in [-0.05, 0) is 60.9 Å². The van der Waals surface area contributed by atoms with Gasteiger partial charge >= 0.3 is 0 Å². The Labute approximate surface area is 186 Å². The van der Waals surface area contributed by atoms with Crippen LogP contribution >= 0.6 is 23.5 Å². The highest BCUT2D eigenvalue weighted by Gasteiger charge is 2.27. The predicted molar refractivity (Wildman–Crippen MR) is 121 cm³/mol. The van der Waals surface area contributed by atoms with Gasteiger partial charge in [-0.15, -0.1) is 0 Å². The molecule has 0 spiro atoms. The average Bonchev–Trinajstić information content (AvgIpc) is 3.26. The molecule has 0 aliphatic carbocycles. The molecule has 0 amide bonds. The van der Waals surface area contributed by atoms with Gasteiger partial charge in [0.1, 0.15) is 12.0 Å². The molecule has 0 atom stereocenters. The number of nitrogens with zero attached hydrogens (tertiary/aromatic N) is 1. The predicted octanol–water partition coefficient (Wildman–Crippen LogP) is 4.84. The quantitative estimate of drug-likeness (QED) is 0.365. The van der Waals surface area contributed by atoms with Gasteiger partial charge in [0, 0.05) is 21.8 Å². The minimum absolute atomic E-state index is 0.217. The van der Waals surface area contributed by atoms with Crippen molar-refractivity contribution in [1.29, 1.82) is 0 Å². The number of rotatable bonds is 11. The summed E-state index contributed by atoms with van der Waals surface area (Å²) in [5.74, 6) is 0.781. The van der Waals surface area contributed by atoms with Gasteiger partial charge in [0.25, 0.3) is 0 Å². The van der Waals surface area contributed by atoms with Gasteiger partial charge in [0.15, 0.2) is 5.89 Å². The van der Waals surface area contributed by atoms with E-state index in [0.29, 0.717) is 12.8 Å². The van der Waals surface area contributed by atoms with Crippen LogP contribution in [0.15, 0.2) is 69.0 Å². The second-order valence-electron chi connectivity index (χ2n) is 7.34. The van der Waals surface area contributed by atoms with Crippen molar-refractivity contribution in [2.75, 3.05) is 13.2 Å². The molecule has 1 aromatic heterocycles. The van der Waals surface area contributed by atoms with E-state index in [1.807, 2.05) is 0 Å². The molecule has 0 saturated carbocycles. The molecule has 0 unspecified atom stereocenters. The summed E-state index contributed by atoms with van der Waals surface area (Å²) in [5, 5.41) is 18.9. The fraction of sp³-hybridized carbons (Fsp3) is 0.348. The van der Waals surface area contributed by atoms with Gasteiger partial charge in [-0.25, -0.2) is 9.82 Å². The van der Waals surface area contributed by atoms with Crippen LogP contribution in [-0.4, -0.2) is 33.9 Å². The van der Waals surface area contributed by atoms with E-state index >= 15 is 0 Å². The molecule has 3 N–H and O–H groups in total. The number of aliphatic hydroxyl groups excluding tert-OH is 2. The first-order valence-electron chi connectivity index (χ1n) is 10.0. The molecular weight excluding hydrogens is 420 g/mol. The maximum Gasteiger partial charge on any atom is 0.194 e. The SMILES string of the molecule is CCCc1nc(-c2ccc(Sc3ccc(CCC(CO)(CO)NCl)cc3)cc2)co1. The van der Waals surface area contributed by atoms with Crippen LogP contribution in [-0.2, 0) is 12.8 Å². The van der Waals surface area contributed by atoms with Crippen LogP contribution in [0.4, 0.5) is 0 Å². The van der Waals surface area contributed by atoms with Crippen molar-refractivity contribution in [2.45, 2.75) is 47.9 Å². The van der Waals surface area contributed by atoms with Gasteiger partial charge in [-0.3, -0.25) is 0 Å². The molecule has 0 saturated heterocycles. The lowest BCUT2D eigenvalue weighted by Crippen LogP contribution is -2.47. The summed E-state index contributed by atoms with van der Waals surface area (Å²) in [6, 6.07) is 16.6. The van der Waals surface area contributed by atoms with E-state index in [-0.39, 0.29) is 13.2 Å². The Hall–Kier alpha value is -1.83. The molecule has 0 radical (unpaired) electrons. The Kier molecular flexibility index (Phi) is 8.36. The number of nitrogens with one attached hydrogen (secondary N) is 1. The molecule has 0 fully saturated rings. The van der Waals surface area contributed by atoms with E-state index in [2.05, 4.69) is 65.3 Å². The fourth-order valence-electron chi connectivity index (χ4n) is 3.02. The van der Waals surface area contributed by atoms with E-state index < -0.39 is 5.54 Å². The zero-order valence-corrected chi connectivity index (χ0v) is 18.5. The molecule has 1 heterocycles. The fourth-order valence-corrected chi connectivity index (χ4v) is 4.06. The van der Waals surface area contributed by atoms with Gasteiger partial charge in [-0.2, -0.15) is 0 Å². The highest BCUT2D eigenvalue weighted by molar-refractivity contribution is 7.99. The number of aryl methyl sites for hydroxylation is 2. The van der Waals surface area contributed by atoms with Crippen molar-refractivity contribution in [1.82, 2.24) is 9.82 Å². The molecule has 30 heavy (non-hydrogen) atoms. The van der Waals surface area contributed by atoms with Gasteiger partial charge in [-0.1, -0.05) is 43.0 Å². The van der Waals surface area contributed by atoms with E-state index in [9.17, 15) is 10.2 Å². The second kappa shape index (κ2) is 11.0. The molecule has 0 aliphatic heterocycles. The maximum atomic E-state index is 9.46. The largest absolute Gasteiger partial charge is 0.448 e. The molecule has 3 aromatic rings. The first-order chi connectivity index (χ1) is 14.6. The third-order valence-electron chi connectivity index (χ3n) is 5.02. The van der Waals surface area contributed by atoms with E-state index in [1.165, 1.54) is 0 Å². The zero-order valence-electron chi connectivity index (χ0n) is 17.0. The Morgan fingerprint density at radius 1 is 1.00 bits per heavy atom. The smallest absolute Gasteiger partial charge is 0.194 e.